The van der Waals surface area contributed by atoms with E-state index >= 15 is 0 Å². The first-order chi connectivity index (χ1) is 15.9. The number of hydrogen-bond donors (Lipinski definition) is 2. The van der Waals surface area contributed by atoms with Gasteiger partial charge in [-0.3, -0.25) is 4.79 Å². The Morgan fingerprint density at radius 3 is 2.70 bits per heavy atom. The molecule has 0 aliphatic carbocycles. The summed E-state index contributed by atoms with van der Waals surface area (Å²) >= 11 is 6.21. The predicted molar refractivity (Wildman–Crippen MR) is 128 cm³/mol. The van der Waals surface area contributed by atoms with Gasteiger partial charge < -0.3 is 25.0 Å². The Bertz CT molecular complexity index is 1170. The van der Waals surface area contributed by atoms with Crippen LogP contribution < -0.4 is 15.8 Å². The molecule has 0 aliphatic rings. The summed E-state index contributed by atoms with van der Waals surface area (Å²) in [6.45, 7) is 2.49. The first-order valence-electron chi connectivity index (χ1n) is 10.1. The van der Waals surface area contributed by atoms with E-state index in [9.17, 15) is 4.79 Å². The van der Waals surface area contributed by atoms with Gasteiger partial charge in [-0.2, -0.15) is 4.99 Å². The normalized spacial score (nSPS) is 11.7. The van der Waals surface area contributed by atoms with Crippen molar-refractivity contribution in [3.05, 3.63) is 76.0 Å². The summed E-state index contributed by atoms with van der Waals surface area (Å²) in [7, 11) is 3.21. The van der Waals surface area contributed by atoms with Crippen molar-refractivity contribution in [3.8, 4) is 17.0 Å². The van der Waals surface area contributed by atoms with Crippen molar-refractivity contribution in [2.45, 2.75) is 13.5 Å². The number of aliphatic imine (C=N–C) groups is 1. The molecule has 2 aromatic carbocycles. The molecule has 33 heavy (non-hydrogen) atoms. The van der Waals surface area contributed by atoms with Crippen molar-refractivity contribution >= 4 is 29.5 Å². The molecule has 1 aromatic heterocycles. The van der Waals surface area contributed by atoms with Gasteiger partial charge in [0, 0.05) is 24.2 Å². The maximum Gasteiger partial charge on any atom is 0.286 e. The van der Waals surface area contributed by atoms with Crippen molar-refractivity contribution in [3.63, 3.8) is 0 Å². The van der Waals surface area contributed by atoms with Crippen LogP contribution in [-0.4, -0.2) is 37.8 Å². The first kappa shape index (κ1) is 24.0. The van der Waals surface area contributed by atoms with E-state index in [1.165, 1.54) is 0 Å². The van der Waals surface area contributed by atoms with Gasteiger partial charge in [0.1, 0.15) is 22.8 Å². The van der Waals surface area contributed by atoms with Gasteiger partial charge in [-0.15, -0.1) is 0 Å². The molecular formula is C24H25ClN4O4. The van der Waals surface area contributed by atoms with E-state index in [-0.39, 0.29) is 11.5 Å². The number of nitrogens with two attached hydrogens (primary N) is 1. The number of carbonyl (C=O) groups excluding carboxylic acids is 1. The van der Waals surface area contributed by atoms with Crippen LogP contribution in [0, 0.1) is 6.92 Å². The van der Waals surface area contributed by atoms with Crippen LogP contribution in [0.25, 0.3) is 17.3 Å². The number of rotatable bonds is 8. The number of ether oxygens (including phenoxy) is 2. The smallest absolute Gasteiger partial charge is 0.286 e. The number of carbonyl (C=O) groups is 1. The minimum absolute atomic E-state index is 0.0299. The summed E-state index contributed by atoms with van der Waals surface area (Å²) in [4.78, 5) is 16.8. The van der Waals surface area contributed by atoms with Crippen LogP contribution in [0.15, 0.2) is 58.1 Å². The molecule has 0 saturated carbocycles. The molecule has 1 heterocycles. The Morgan fingerprint density at radius 1 is 1.24 bits per heavy atom. The molecule has 3 aromatic rings. The maximum absolute atomic E-state index is 12.8. The van der Waals surface area contributed by atoms with Crippen LogP contribution in [0.1, 0.15) is 27.2 Å². The van der Waals surface area contributed by atoms with Crippen molar-refractivity contribution in [2.75, 3.05) is 20.8 Å². The van der Waals surface area contributed by atoms with Crippen LogP contribution in [0.4, 0.5) is 0 Å². The lowest BCUT2D eigenvalue weighted by Gasteiger charge is -2.07. The Morgan fingerprint density at radius 2 is 2.00 bits per heavy atom. The molecule has 0 spiro atoms. The van der Waals surface area contributed by atoms with E-state index in [1.54, 1.807) is 45.4 Å². The minimum Gasteiger partial charge on any atom is -0.497 e. The zero-order valence-corrected chi connectivity index (χ0v) is 19.3. The molecule has 0 unspecified atom stereocenters. The number of guanidine groups is 1. The van der Waals surface area contributed by atoms with Gasteiger partial charge in [0.05, 0.1) is 13.7 Å². The molecule has 8 nitrogen and oxygen atoms in total. The monoisotopic (exact) mass is 468 g/mol. The van der Waals surface area contributed by atoms with E-state index in [0.29, 0.717) is 40.9 Å². The Kier molecular flexibility index (Phi) is 8.23. The lowest BCUT2D eigenvalue weighted by Crippen LogP contribution is -2.32. The highest BCUT2D eigenvalue weighted by Gasteiger charge is 2.21. The van der Waals surface area contributed by atoms with Gasteiger partial charge in [-0.25, -0.2) is 0 Å². The second-order valence-corrected chi connectivity index (χ2v) is 7.53. The van der Waals surface area contributed by atoms with E-state index in [2.05, 4.69) is 15.5 Å². The van der Waals surface area contributed by atoms with Crippen LogP contribution in [0.5, 0.6) is 5.75 Å². The SMILES string of the molecule is COC/C=C/c1cc(Cl)cc(CN/C(N)=N/C(=O)c2c(-c3ccc(OC)cc3)noc2C)c1. The largest absolute Gasteiger partial charge is 0.497 e. The fourth-order valence-corrected chi connectivity index (χ4v) is 3.39. The molecule has 3 rings (SSSR count). The van der Waals surface area contributed by atoms with Crippen LogP contribution >= 0.6 is 11.6 Å². The van der Waals surface area contributed by atoms with E-state index in [4.69, 9.17) is 31.3 Å². The van der Waals surface area contributed by atoms with Crippen molar-refractivity contribution < 1.29 is 18.8 Å². The molecule has 0 fully saturated rings. The molecule has 3 N–H and O–H groups in total. The topological polar surface area (TPSA) is 112 Å². The summed E-state index contributed by atoms with van der Waals surface area (Å²) < 4.78 is 15.4. The Balaban J connectivity index is 1.73. The maximum atomic E-state index is 12.8. The summed E-state index contributed by atoms with van der Waals surface area (Å²) in [6, 6.07) is 12.7. The van der Waals surface area contributed by atoms with Crippen LogP contribution in [0.3, 0.4) is 0 Å². The molecular weight excluding hydrogens is 444 g/mol. The van der Waals surface area contributed by atoms with Gasteiger partial charge in [-0.05, 0) is 60.5 Å². The molecule has 0 atom stereocenters. The highest BCUT2D eigenvalue weighted by molar-refractivity contribution is 6.30. The second-order valence-electron chi connectivity index (χ2n) is 7.10. The summed E-state index contributed by atoms with van der Waals surface area (Å²) in [5.41, 5.74) is 9.11. The fourth-order valence-electron chi connectivity index (χ4n) is 3.12. The van der Waals surface area contributed by atoms with Crippen molar-refractivity contribution in [2.24, 2.45) is 10.7 Å². The highest BCUT2D eigenvalue weighted by Crippen LogP contribution is 2.27. The Hall–Kier alpha value is -3.62. The number of amides is 1. The third kappa shape index (κ3) is 6.44. The molecule has 0 radical (unpaired) electrons. The summed E-state index contributed by atoms with van der Waals surface area (Å²) in [5, 5.41) is 7.54. The summed E-state index contributed by atoms with van der Waals surface area (Å²) in [5.74, 6) is 0.456. The molecule has 1 amide bonds. The van der Waals surface area contributed by atoms with Gasteiger partial charge >= 0.3 is 0 Å². The van der Waals surface area contributed by atoms with Gasteiger partial charge in [-0.1, -0.05) is 28.9 Å². The number of nitrogens with zero attached hydrogens (tertiary/aromatic N) is 2. The zero-order valence-electron chi connectivity index (χ0n) is 18.6. The fraction of sp³-hybridized carbons (Fsp3) is 0.208. The lowest BCUT2D eigenvalue weighted by molar-refractivity contribution is 0.100. The van der Waals surface area contributed by atoms with Crippen molar-refractivity contribution in [1.29, 1.82) is 0 Å². The lowest BCUT2D eigenvalue weighted by atomic mass is 10.1. The molecule has 172 valence electrons. The van der Waals surface area contributed by atoms with E-state index in [0.717, 1.165) is 11.1 Å². The highest BCUT2D eigenvalue weighted by atomic mass is 35.5. The van der Waals surface area contributed by atoms with Gasteiger partial charge in [0.15, 0.2) is 5.96 Å². The average molecular weight is 469 g/mol. The predicted octanol–water partition coefficient (Wildman–Crippen LogP) is 4.22. The number of aromatic nitrogens is 1. The number of nitrogens with one attached hydrogen (secondary N) is 1. The zero-order chi connectivity index (χ0) is 23.8. The van der Waals surface area contributed by atoms with Crippen LogP contribution in [-0.2, 0) is 11.3 Å². The minimum atomic E-state index is -0.557. The van der Waals surface area contributed by atoms with Crippen LogP contribution in [0.2, 0.25) is 5.02 Å². The number of methoxy groups -OCH3 is 2. The average Bonchev–Trinajstić information content (AvgIpc) is 3.19. The summed E-state index contributed by atoms with van der Waals surface area (Å²) in [6.07, 6.45) is 3.80. The third-order valence-corrected chi connectivity index (χ3v) is 4.91. The first-order valence-corrected chi connectivity index (χ1v) is 10.5. The second kappa shape index (κ2) is 11.3. The van der Waals surface area contributed by atoms with Gasteiger partial charge in [0.2, 0.25) is 0 Å². The number of hydrogen-bond acceptors (Lipinski definition) is 5. The Labute approximate surface area is 197 Å². The van der Waals surface area contributed by atoms with E-state index < -0.39 is 5.91 Å². The molecule has 0 saturated heterocycles. The van der Waals surface area contributed by atoms with Gasteiger partial charge in [0.25, 0.3) is 5.91 Å². The molecule has 0 aliphatic heterocycles. The number of aryl methyl sites for hydroxylation is 1. The van der Waals surface area contributed by atoms with Crippen molar-refractivity contribution in [1.82, 2.24) is 10.5 Å². The number of benzene rings is 2. The number of halogens is 1. The quantitative estimate of drug-likeness (QED) is 0.376. The molecule has 0 bridgehead atoms. The third-order valence-electron chi connectivity index (χ3n) is 4.69. The van der Waals surface area contributed by atoms with E-state index in [1.807, 2.05) is 30.4 Å². The standard InChI is InChI=1S/C24H25ClN4O4/c1-15-21(22(29-33-15)18-6-8-20(32-3)9-7-18)23(30)28-24(26)27-14-17-11-16(5-4-10-31-2)12-19(25)13-17/h4-9,11-13H,10,14H2,1-3H3,(H3,26,27,28,30)/b5-4+. The molecule has 9 heteroatoms.